The first-order valence-electron chi connectivity index (χ1n) is 4.21. The average Bonchev–Trinajstić information content (AvgIpc) is 2.08. The number of hydrogen-bond acceptors (Lipinski definition) is 2. The van der Waals surface area contributed by atoms with Gasteiger partial charge in [0.1, 0.15) is 0 Å². The van der Waals surface area contributed by atoms with Crippen LogP contribution in [0, 0.1) is 0 Å². The van der Waals surface area contributed by atoms with Crippen molar-refractivity contribution in [2.45, 2.75) is 26.3 Å². The van der Waals surface area contributed by atoms with Crippen molar-refractivity contribution in [2.75, 3.05) is 13.1 Å². The summed E-state index contributed by atoms with van der Waals surface area (Å²) >= 11 is 0. The quantitative estimate of drug-likeness (QED) is 0.621. The molecule has 1 saturated heterocycles. The third-order valence-corrected chi connectivity index (χ3v) is 2.19. The lowest BCUT2D eigenvalue weighted by molar-refractivity contribution is -0.142. The molecule has 1 rings (SSSR count). The van der Waals surface area contributed by atoms with Gasteiger partial charge in [-0.05, 0) is 13.3 Å². The van der Waals surface area contributed by atoms with E-state index in [2.05, 4.69) is 5.32 Å². The number of nitrogens with zero attached hydrogens (tertiary/aromatic N) is 1. The second-order valence-electron chi connectivity index (χ2n) is 3.06. The Bertz CT molecular complexity index is 203. The highest BCUT2D eigenvalue weighted by atomic mass is 16.2. The zero-order chi connectivity index (χ0) is 9.14. The molecule has 1 atom stereocenters. The molecule has 1 aliphatic rings. The summed E-state index contributed by atoms with van der Waals surface area (Å²) in [6.07, 6.45) is 0.888. The summed E-state index contributed by atoms with van der Waals surface area (Å²) in [5.41, 5.74) is 0. The monoisotopic (exact) mass is 170 g/mol. The van der Waals surface area contributed by atoms with Gasteiger partial charge in [-0.15, -0.1) is 0 Å². The SMILES string of the molecule is CCC(C)N1CC(=O)NCC1=O. The van der Waals surface area contributed by atoms with Crippen molar-refractivity contribution < 1.29 is 9.59 Å². The molecule has 68 valence electrons. The van der Waals surface area contributed by atoms with Gasteiger partial charge in [-0.3, -0.25) is 9.59 Å². The molecule has 2 amide bonds. The van der Waals surface area contributed by atoms with Crippen LogP contribution in [0.2, 0.25) is 0 Å². The van der Waals surface area contributed by atoms with Crippen LogP contribution in [0.3, 0.4) is 0 Å². The average molecular weight is 170 g/mol. The van der Waals surface area contributed by atoms with E-state index in [0.717, 1.165) is 6.42 Å². The summed E-state index contributed by atoms with van der Waals surface area (Å²) in [6, 6.07) is 0.170. The highest BCUT2D eigenvalue weighted by Gasteiger charge is 2.25. The van der Waals surface area contributed by atoms with Crippen LogP contribution >= 0.6 is 0 Å². The van der Waals surface area contributed by atoms with Crippen LogP contribution in [0.15, 0.2) is 0 Å². The molecule has 1 aliphatic heterocycles. The fourth-order valence-electron chi connectivity index (χ4n) is 1.20. The van der Waals surface area contributed by atoms with Crippen molar-refractivity contribution in [2.24, 2.45) is 0 Å². The summed E-state index contributed by atoms with van der Waals surface area (Å²) in [5, 5.41) is 2.51. The van der Waals surface area contributed by atoms with E-state index in [1.165, 1.54) is 0 Å². The molecular weight excluding hydrogens is 156 g/mol. The Labute approximate surface area is 71.9 Å². The maximum Gasteiger partial charge on any atom is 0.242 e. The Morgan fingerprint density at radius 3 is 2.83 bits per heavy atom. The van der Waals surface area contributed by atoms with Gasteiger partial charge >= 0.3 is 0 Å². The molecule has 4 nitrogen and oxygen atoms in total. The predicted octanol–water partition coefficient (Wildman–Crippen LogP) is -0.257. The molecule has 1 heterocycles. The molecule has 0 aliphatic carbocycles. The Hall–Kier alpha value is -1.06. The summed E-state index contributed by atoms with van der Waals surface area (Å²) in [5.74, 6) is -0.0427. The number of piperazine rings is 1. The predicted molar refractivity (Wildman–Crippen MR) is 44.5 cm³/mol. The van der Waals surface area contributed by atoms with Crippen LogP contribution in [0.25, 0.3) is 0 Å². The number of rotatable bonds is 2. The maximum atomic E-state index is 11.3. The van der Waals surface area contributed by atoms with E-state index in [0.29, 0.717) is 0 Å². The largest absolute Gasteiger partial charge is 0.345 e. The second kappa shape index (κ2) is 3.56. The standard InChI is InChI=1S/C8H14N2O2/c1-3-6(2)10-5-7(11)9-4-8(10)12/h6H,3-5H2,1-2H3,(H,9,11). The molecule has 0 spiro atoms. The lowest BCUT2D eigenvalue weighted by atomic mass is 10.2. The van der Waals surface area contributed by atoms with Gasteiger partial charge < -0.3 is 10.2 Å². The summed E-state index contributed by atoms with van der Waals surface area (Å²) in [6.45, 7) is 4.33. The van der Waals surface area contributed by atoms with Crippen molar-refractivity contribution >= 4 is 11.8 Å². The Morgan fingerprint density at radius 2 is 2.25 bits per heavy atom. The summed E-state index contributed by atoms with van der Waals surface area (Å²) in [4.78, 5) is 23.8. The second-order valence-corrected chi connectivity index (χ2v) is 3.06. The Kier molecular flexibility index (Phi) is 2.68. The smallest absolute Gasteiger partial charge is 0.242 e. The van der Waals surface area contributed by atoms with Gasteiger partial charge in [-0.1, -0.05) is 6.92 Å². The van der Waals surface area contributed by atoms with Crippen LogP contribution < -0.4 is 5.32 Å². The number of amides is 2. The maximum absolute atomic E-state index is 11.3. The van der Waals surface area contributed by atoms with Gasteiger partial charge in [0.25, 0.3) is 0 Å². The zero-order valence-corrected chi connectivity index (χ0v) is 7.46. The van der Waals surface area contributed by atoms with Gasteiger partial charge in [0, 0.05) is 6.04 Å². The van der Waals surface area contributed by atoms with E-state index >= 15 is 0 Å². The third kappa shape index (κ3) is 1.75. The van der Waals surface area contributed by atoms with E-state index < -0.39 is 0 Å². The molecule has 0 aromatic heterocycles. The summed E-state index contributed by atoms with van der Waals surface area (Å²) < 4.78 is 0. The van der Waals surface area contributed by atoms with Crippen LogP contribution in [0.4, 0.5) is 0 Å². The Balaban J connectivity index is 2.60. The number of hydrogen-bond donors (Lipinski definition) is 1. The van der Waals surface area contributed by atoms with Crippen molar-refractivity contribution in [3.63, 3.8) is 0 Å². The minimum Gasteiger partial charge on any atom is -0.345 e. The molecule has 0 aromatic rings. The fraction of sp³-hybridized carbons (Fsp3) is 0.750. The van der Waals surface area contributed by atoms with E-state index in [1.54, 1.807) is 4.90 Å². The first-order valence-corrected chi connectivity index (χ1v) is 4.21. The lowest BCUT2D eigenvalue weighted by Crippen LogP contribution is -2.54. The molecule has 4 heteroatoms. The Morgan fingerprint density at radius 1 is 1.58 bits per heavy atom. The van der Waals surface area contributed by atoms with E-state index in [1.807, 2.05) is 13.8 Å². The number of nitrogens with one attached hydrogen (secondary N) is 1. The number of carbonyl (C=O) groups is 2. The van der Waals surface area contributed by atoms with Crippen LogP contribution in [-0.4, -0.2) is 35.8 Å². The molecule has 12 heavy (non-hydrogen) atoms. The van der Waals surface area contributed by atoms with Crippen molar-refractivity contribution in [1.29, 1.82) is 0 Å². The van der Waals surface area contributed by atoms with Crippen molar-refractivity contribution in [3.05, 3.63) is 0 Å². The molecule has 1 fully saturated rings. The number of carbonyl (C=O) groups excluding carboxylic acids is 2. The molecule has 1 unspecified atom stereocenters. The normalized spacial score (nSPS) is 20.7. The van der Waals surface area contributed by atoms with E-state index in [-0.39, 0.29) is 30.9 Å². The molecule has 0 aromatic carbocycles. The topological polar surface area (TPSA) is 49.4 Å². The molecular formula is C8H14N2O2. The highest BCUT2D eigenvalue weighted by molar-refractivity contribution is 5.92. The van der Waals surface area contributed by atoms with E-state index in [4.69, 9.17) is 0 Å². The van der Waals surface area contributed by atoms with Gasteiger partial charge in [0.05, 0.1) is 13.1 Å². The van der Waals surface area contributed by atoms with Crippen molar-refractivity contribution in [3.8, 4) is 0 Å². The van der Waals surface area contributed by atoms with Crippen LogP contribution in [-0.2, 0) is 9.59 Å². The van der Waals surface area contributed by atoms with Crippen LogP contribution in [0.5, 0.6) is 0 Å². The molecule has 1 N–H and O–H groups in total. The van der Waals surface area contributed by atoms with Gasteiger partial charge in [0.15, 0.2) is 0 Å². The van der Waals surface area contributed by atoms with Gasteiger partial charge in [-0.25, -0.2) is 0 Å². The molecule has 0 bridgehead atoms. The van der Waals surface area contributed by atoms with E-state index in [9.17, 15) is 9.59 Å². The minimum absolute atomic E-state index is 0.0175. The third-order valence-electron chi connectivity index (χ3n) is 2.19. The lowest BCUT2D eigenvalue weighted by Gasteiger charge is -2.31. The molecule has 0 radical (unpaired) electrons. The fourth-order valence-corrected chi connectivity index (χ4v) is 1.20. The van der Waals surface area contributed by atoms with Crippen molar-refractivity contribution in [1.82, 2.24) is 10.2 Å². The minimum atomic E-state index is -0.0603. The van der Waals surface area contributed by atoms with Gasteiger partial charge in [-0.2, -0.15) is 0 Å². The summed E-state index contributed by atoms with van der Waals surface area (Å²) in [7, 11) is 0. The zero-order valence-electron chi connectivity index (χ0n) is 7.46. The first kappa shape index (κ1) is 9.03. The molecule has 0 saturated carbocycles. The first-order chi connectivity index (χ1) is 5.65. The van der Waals surface area contributed by atoms with Crippen LogP contribution in [0.1, 0.15) is 20.3 Å². The van der Waals surface area contributed by atoms with Gasteiger partial charge in [0.2, 0.25) is 11.8 Å². The highest BCUT2D eigenvalue weighted by Crippen LogP contribution is 2.05.